The van der Waals surface area contributed by atoms with Crippen molar-refractivity contribution in [3.8, 4) is 0 Å². The molecule has 3 rings (SSSR count). The average molecular weight is 447 g/mol. The van der Waals surface area contributed by atoms with Crippen molar-refractivity contribution in [3.05, 3.63) is 51.1 Å². The van der Waals surface area contributed by atoms with Crippen molar-refractivity contribution in [1.82, 2.24) is 24.2 Å². The fourth-order valence-corrected chi connectivity index (χ4v) is 3.18. The van der Waals surface area contributed by atoms with E-state index in [4.69, 9.17) is 0 Å². The van der Waals surface area contributed by atoms with E-state index in [-0.39, 0.29) is 30.5 Å². The molecule has 0 radical (unpaired) electrons. The Kier molecular flexibility index (Phi) is 5.59. The van der Waals surface area contributed by atoms with E-state index in [0.717, 1.165) is 10.0 Å². The topological polar surface area (TPSA) is 102 Å². The summed E-state index contributed by atoms with van der Waals surface area (Å²) in [4.78, 5) is 42.6. The van der Waals surface area contributed by atoms with Gasteiger partial charge in [0.15, 0.2) is 5.65 Å². The lowest BCUT2D eigenvalue weighted by Crippen LogP contribution is -2.38. The van der Waals surface area contributed by atoms with Crippen molar-refractivity contribution in [3.63, 3.8) is 0 Å². The molecule has 3 aromatic rings. The van der Waals surface area contributed by atoms with Crippen LogP contribution in [0.2, 0.25) is 0 Å². The van der Waals surface area contributed by atoms with Crippen LogP contribution in [0.5, 0.6) is 0 Å². The number of carbonyl (C=O) groups is 2. The minimum atomic E-state index is -0.380. The molecule has 0 saturated carbocycles. The Bertz CT molecular complexity index is 1120. The van der Waals surface area contributed by atoms with E-state index in [1.54, 1.807) is 13.1 Å². The number of amides is 2. The van der Waals surface area contributed by atoms with Crippen LogP contribution < -0.4 is 10.9 Å². The van der Waals surface area contributed by atoms with Crippen LogP contribution in [0, 0.1) is 6.92 Å². The Morgan fingerprint density at radius 3 is 2.79 bits per heavy atom. The molecule has 0 bridgehead atoms. The highest BCUT2D eigenvalue weighted by atomic mass is 79.9. The van der Waals surface area contributed by atoms with E-state index in [9.17, 15) is 14.4 Å². The Morgan fingerprint density at radius 2 is 2.07 bits per heavy atom. The number of nitrogens with zero attached hydrogens (tertiary/aromatic N) is 5. The molecule has 2 heterocycles. The highest BCUT2D eigenvalue weighted by molar-refractivity contribution is 9.10. The maximum atomic E-state index is 12.4. The van der Waals surface area contributed by atoms with Crippen LogP contribution in [0.3, 0.4) is 0 Å². The molecule has 0 unspecified atom stereocenters. The third kappa shape index (κ3) is 4.11. The first-order valence-electron chi connectivity index (χ1n) is 8.43. The second-order valence-corrected chi connectivity index (χ2v) is 7.36. The standard InChI is InChI=1S/C18H19BrN6O3/c1-11-6-12(19)4-5-14(11)22-15(26)8-23(2)16(27)9-25-10-20-17-13(18(25)28)7-21-24(17)3/h4-7,10H,8-9H2,1-3H3,(H,22,26). The van der Waals surface area contributed by atoms with Gasteiger partial charge in [-0.3, -0.25) is 23.6 Å². The number of rotatable bonds is 5. The first-order valence-corrected chi connectivity index (χ1v) is 9.22. The largest absolute Gasteiger partial charge is 0.335 e. The highest BCUT2D eigenvalue weighted by Gasteiger charge is 2.16. The number of aromatic nitrogens is 4. The summed E-state index contributed by atoms with van der Waals surface area (Å²) in [5.41, 5.74) is 1.68. The van der Waals surface area contributed by atoms with Gasteiger partial charge < -0.3 is 10.2 Å². The van der Waals surface area contributed by atoms with E-state index in [0.29, 0.717) is 16.7 Å². The first kappa shape index (κ1) is 19.7. The van der Waals surface area contributed by atoms with E-state index < -0.39 is 0 Å². The number of anilines is 1. The monoisotopic (exact) mass is 446 g/mol. The van der Waals surface area contributed by atoms with Crippen LogP contribution in [0.25, 0.3) is 11.0 Å². The van der Waals surface area contributed by atoms with Crippen LogP contribution >= 0.6 is 15.9 Å². The number of carbonyl (C=O) groups excluding carboxylic acids is 2. The Hall–Kier alpha value is -3.01. The van der Waals surface area contributed by atoms with Gasteiger partial charge in [0.2, 0.25) is 11.8 Å². The SMILES string of the molecule is Cc1cc(Br)ccc1NC(=O)CN(C)C(=O)Cn1cnc2c(cnn2C)c1=O. The third-order valence-electron chi connectivity index (χ3n) is 4.29. The molecule has 0 saturated heterocycles. The molecule has 0 aliphatic carbocycles. The maximum absolute atomic E-state index is 12.4. The van der Waals surface area contributed by atoms with Crippen molar-refractivity contribution in [1.29, 1.82) is 0 Å². The summed E-state index contributed by atoms with van der Waals surface area (Å²) in [6, 6.07) is 5.50. The summed E-state index contributed by atoms with van der Waals surface area (Å²) in [7, 11) is 3.20. The van der Waals surface area contributed by atoms with Gasteiger partial charge in [0, 0.05) is 24.3 Å². The molecule has 0 atom stereocenters. The van der Waals surface area contributed by atoms with Gasteiger partial charge in [-0.15, -0.1) is 0 Å². The number of aryl methyl sites for hydroxylation is 2. The zero-order valence-electron chi connectivity index (χ0n) is 15.6. The average Bonchev–Trinajstić information content (AvgIpc) is 3.01. The van der Waals surface area contributed by atoms with Crippen LogP contribution in [0.1, 0.15) is 5.56 Å². The molecule has 2 amide bonds. The number of fused-ring (bicyclic) bond motifs is 1. The minimum Gasteiger partial charge on any atom is -0.335 e. The molecule has 0 fully saturated rings. The molecule has 0 aliphatic heterocycles. The quantitative estimate of drug-likeness (QED) is 0.636. The molecule has 28 heavy (non-hydrogen) atoms. The van der Waals surface area contributed by atoms with E-state index in [1.165, 1.54) is 33.7 Å². The van der Waals surface area contributed by atoms with Crippen molar-refractivity contribution in [2.45, 2.75) is 13.5 Å². The van der Waals surface area contributed by atoms with Crippen LogP contribution in [-0.2, 0) is 23.2 Å². The number of likely N-dealkylation sites (N-methyl/N-ethyl adjacent to an activating group) is 1. The van der Waals surface area contributed by atoms with Gasteiger partial charge in [0.05, 0.1) is 12.7 Å². The third-order valence-corrected chi connectivity index (χ3v) is 4.79. The van der Waals surface area contributed by atoms with Crippen molar-refractivity contribution >= 4 is 44.5 Å². The van der Waals surface area contributed by atoms with Crippen molar-refractivity contribution < 1.29 is 9.59 Å². The number of benzene rings is 1. The predicted molar refractivity (Wildman–Crippen MR) is 108 cm³/mol. The van der Waals surface area contributed by atoms with Crippen LogP contribution in [0.4, 0.5) is 5.69 Å². The van der Waals surface area contributed by atoms with Crippen LogP contribution in [-0.4, -0.2) is 49.6 Å². The van der Waals surface area contributed by atoms with E-state index in [2.05, 4.69) is 31.3 Å². The lowest BCUT2D eigenvalue weighted by Gasteiger charge is -2.18. The predicted octanol–water partition coefficient (Wildman–Crippen LogP) is 1.30. The molecule has 10 heteroatoms. The van der Waals surface area contributed by atoms with Gasteiger partial charge in [-0.1, -0.05) is 15.9 Å². The Morgan fingerprint density at radius 1 is 1.32 bits per heavy atom. The lowest BCUT2D eigenvalue weighted by atomic mass is 10.2. The molecule has 9 nitrogen and oxygen atoms in total. The van der Waals surface area contributed by atoms with Gasteiger partial charge in [0.25, 0.3) is 5.56 Å². The van der Waals surface area contributed by atoms with E-state index >= 15 is 0 Å². The maximum Gasteiger partial charge on any atom is 0.264 e. The fourth-order valence-electron chi connectivity index (χ4n) is 2.71. The summed E-state index contributed by atoms with van der Waals surface area (Å²) < 4.78 is 3.61. The summed E-state index contributed by atoms with van der Waals surface area (Å²) in [6.07, 6.45) is 2.73. The van der Waals surface area contributed by atoms with Gasteiger partial charge in [-0.05, 0) is 30.7 Å². The van der Waals surface area contributed by atoms with Crippen molar-refractivity contribution in [2.75, 3.05) is 18.9 Å². The molecule has 0 spiro atoms. The number of hydrogen-bond donors (Lipinski definition) is 1. The van der Waals surface area contributed by atoms with Gasteiger partial charge in [0.1, 0.15) is 18.3 Å². The van der Waals surface area contributed by atoms with Gasteiger partial charge >= 0.3 is 0 Å². The summed E-state index contributed by atoms with van der Waals surface area (Å²) >= 11 is 3.37. The summed E-state index contributed by atoms with van der Waals surface area (Å²) in [5.74, 6) is -0.704. The molecule has 0 aliphatic rings. The number of hydrogen-bond acceptors (Lipinski definition) is 5. The normalized spacial score (nSPS) is 10.9. The minimum absolute atomic E-state index is 0.133. The Labute approximate surface area is 169 Å². The summed E-state index contributed by atoms with van der Waals surface area (Å²) in [5, 5.41) is 7.11. The van der Waals surface area contributed by atoms with Gasteiger partial charge in [-0.25, -0.2) is 4.98 Å². The van der Waals surface area contributed by atoms with Gasteiger partial charge in [-0.2, -0.15) is 5.10 Å². The smallest absolute Gasteiger partial charge is 0.264 e. The second kappa shape index (κ2) is 7.93. The molecule has 2 aromatic heterocycles. The van der Waals surface area contributed by atoms with Crippen LogP contribution in [0.15, 0.2) is 40.0 Å². The number of nitrogens with one attached hydrogen (secondary N) is 1. The summed E-state index contributed by atoms with van der Waals surface area (Å²) in [6.45, 7) is 1.53. The molecule has 146 valence electrons. The molecular weight excluding hydrogens is 428 g/mol. The fraction of sp³-hybridized carbons (Fsp3) is 0.278. The molecular formula is C18H19BrN6O3. The van der Waals surface area contributed by atoms with E-state index in [1.807, 2.05) is 19.1 Å². The zero-order chi connectivity index (χ0) is 20.4. The first-order chi connectivity index (χ1) is 13.3. The number of halogens is 1. The second-order valence-electron chi connectivity index (χ2n) is 6.44. The molecule has 1 aromatic carbocycles. The highest BCUT2D eigenvalue weighted by Crippen LogP contribution is 2.19. The van der Waals surface area contributed by atoms with Crippen molar-refractivity contribution in [2.24, 2.45) is 7.05 Å². The molecule has 1 N–H and O–H groups in total. The zero-order valence-corrected chi connectivity index (χ0v) is 17.2. The lowest BCUT2D eigenvalue weighted by molar-refractivity contribution is -0.133. The Balaban J connectivity index is 1.65.